The molecule has 26 heavy (non-hydrogen) atoms. The Morgan fingerprint density at radius 2 is 1.96 bits per heavy atom. The van der Waals surface area contributed by atoms with Crippen LogP contribution in [0.3, 0.4) is 0 Å². The molecule has 2 rings (SSSR count). The van der Waals surface area contributed by atoms with Crippen LogP contribution in [-0.4, -0.2) is 59.0 Å². The average molecular weight is 382 g/mol. The van der Waals surface area contributed by atoms with Gasteiger partial charge in [-0.3, -0.25) is 9.59 Å². The second kappa shape index (κ2) is 7.95. The van der Waals surface area contributed by atoms with Crippen LogP contribution < -0.4 is 5.32 Å². The van der Waals surface area contributed by atoms with Crippen LogP contribution in [0.2, 0.25) is 5.02 Å². The molecule has 1 aromatic rings. The van der Waals surface area contributed by atoms with Crippen molar-refractivity contribution in [2.75, 3.05) is 31.5 Å². The van der Waals surface area contributed by atoms with Crippen molar-refractivity contribution in [3.63, 3.8) is 0 Å². The number of halogens is 1. The summed E-state index contributed by atoms with van der Waals surface area (Å²) in [7, 11) is 0. The van der Waals surface area contributed by atoms with Crippen LogP contribution in [0.1, 0.15) is 37.6 Å². The maximum absolute atomic E-state index is 12.4. The Balaban J connectivity index is 2.07. The Labute approximate surface area is 157 Å². The van der Waals surface area contributed by atoms with Crippen LogP contribution >= 0.6 is 11.6 Å². The molecule has 3 amide bonds. The zero-order chi connectivity index (χ0) is 19.5. The highest BCUT2D eigenvalue weighted by atomic mass is 35.5. The lowest BCUT2D eigenvalue weighted by Crippen LogP contribution is -2.37. The predicted molar refractivity (Wildman–Crippen MR) is 99.7 cm³/mol. The number of nitrogens with zero attached hydrogens (tertiary/aromatic N) is 2. The van der Waals surface area contributed by atoms with Crippen LogP contribution in [0.5, 0.6) is 0 Å². The van der Waals surface area contributed by atoms with E-state index in [9.17, 15) is 19.5 Å². The summed E-state index contributed by atoms with van der Waals surface area (Å²) < 4.78 is 0. The Kier molecular flexibility index (Phi) is 6.13. The summed E-state index contributed by atoms with van der Waals surface area (Å²) in [5, 5.41) is 12.2. The van der Waals surface area contributed by atoms with Crippen molar-refractivity contribution in [3.8, 4) is 0 Å². The first-order chi connectivity index (χ1) is 12.2. The number of carboxylic acids is 1. The standard InChI is InChI=1S/C18H24ClN3O4/c1-4-21(5-2)15(23)13-7-6-12(10-14(13)19)20-17(26)22-9-8-18(3,11-22)16(24)25/h6-7,10H,4-5,8-9,11H2,1-3H3,(H,20,26)(H,24,25). The molecule has 1 unspecified atom stereocenters. The van der Waals surface area contributed by atoms with Gasteiger partial charge in [0.2, 0.25) is 0 Å². The van der Waals surface area contributed by atoms with E-state index in [1.54, 1.807) is 24.0 Å². The number of anilines is 1. The molecule has 1 aliphatic rings. The molecular formula is C18H24ClN3O4. The summed E-state index contributed by atoms with van der Waals surface area (Å²) >= 11 is 6.22. The number of carbonyl (C=O) groups excluding carboxylic acids is 2. The zero-order valence-electron chi connectivity index (χ0n) is 15.2. The van der Waals surface area contributed by atoms with Crippen molar-refractivity contribution >= 4 is 35.2 Å². The number of aliphatic carboxylic acids is 1. The van der Waals surface area contributed by atoms with E-state index in [-0.39, 0.29) is 23.5 Å². The van der Waals surface area contributed by atoms with Gasteiger partial charge in [-0.25, -0.2) is 4.79 Å². The van der Waals surface area contributed by atoms with Crippen molar-refractivity contribution in [2.45, 2.75) is 27.2 Å². The molecule has 1 heterocycles. The lowest BCUT2D eigenvalue weighted by Gasteiger charge is -2.21. The van der Waals surface area contributed by atoms with Crippen LogP contribution in [0.25, 0.3) is 0 Å². The fraction of sp³-hybridized carbons (Fsp3) is 0.500. The van der Waals surface area contributed by atoms with Gasteiger partial charge in [-0.1, -0.05) is 11.6 Å². The van der Waals surface area contributed by atoms with Crippen molar-refractivity contribution in [1.29, 1.82) is 0 Å². The molecule has 0 aromatic heterocycles. The van der Waals surface area contributed by atoms with Gasteiger partial charge in [0.05, 0.1) is 16.0 Å². The number of rotatable bonds is 5. The van der Waals surface area contributed by atoms with E-state index in [1.807, 2.05) is 13.8 Å². The molecule has 1 atom stereocenters. The molecule has 0 radical (unpaired) electrons. The Hall–Kier alpha value is -2.28. The number of carboxylic acid groups (broad SMARTS) is 1. The summed E-state index contributed by atoms with van der Waals surface area (Å²) in [6.07, 6.45) is 0.411. The number of benzene rings is 1. The van der Waals surface area contributed by atoms with Gasteiger partial charge in [-0.2, -0.15) is 0 Å². The summed E-state index contributed by atoms with van der Waals surface area (Å²) in [6.45, 7) is 7.12. The van der Waals surface area contributed by atoms with E-state index < -0.39 is 11.4 Å². The van der Waals surface area contributed by atoms with Crippen molar-refractivity contribution < 1.29 is 19.5 Å². The SMILES string of the molecule is CCN(CC)C(=O)c1ccc(NC(=O)N2CCC(C)(C(=O)O)C2)cc1Cl. The van der Waals surface area contributed by atoms with Crippen LogP contribution in [-0.2, 0) is 4.79 Å². The average Bonchev–Trinajstić information content (AvgIpc) is 3.00. The minimum absolute atomic E-state index is 0.153. The molecule has 0 saturated carbocycles. The molecule has 1 aliphatic heterocycles. The third kappa shape index (κ3) is 4.09. The molecule has 1 aromatic carbocycles. The molecule has 0 aliphatic carbocycles. The van der Waals surface area contributed by atoms with Gasteiger partial charge in [-0.05, 0) is 45.4 Å². The van der Waals surface area contributed by atoms with Gasteiger partial charge in [0.25, 0.3) is 5.91 Å². The fourth-order valence-corrected chi connectivity index (χ4v) is 3.22. The van der Waals surface area contributed by atoms with E-state index in [0.717, 1.165) is 0 Å². The van der Waals surface area contributed by atoms with E-state index >= 15 is 0 Å². The third-order valence-electron chi connectivity index (χ3n) is 4.78. The molecular weight excluding hydrogens is 358 g/mol. The summed E-state index contributed by atoms with van der Waals surface area (Å²) in [4.78, 5) is 39.2. The Bertz CT molecular complexity index is 720. The third-order valence-corrected chi connectivity index (χ3v) is 5.09. The number of nitrogens with one attached hydrogen (secondary N) is 1. The van der Waals surface area contributed by atoms with Gasteiger partial charge in [0, 0.05) is 31.9 Å². The van der Waals surface area contributed by atoms with Crippen LogP contribution in [0, 0.1) is 5.41 Å². The number of carbonyl (C=O) groups is 3. The molecule has 2 N–H and O–H groups in total. The number of urea groups is 1. The van der Waals surface area contributed by atoms with Gasteiger partial charge < -0.3 is 20.2 Å². The molecule has 142 valence electrons. The van der Waals surface area contributed by atoms with Crippen LogP contribution in [0.15, 0.2) is 18.2 Å². The lowest BCUT2D eigenvalue weighted by atomic mass is 9.90. The van der Waals surface area contributed by atoms with Crippen molar-refractivity contribution in [1.82, 2.24) is 9.80 Å². The van der Waals surface area contributed by atoms with E-state index in [2.05, 4.69) is 5.32 Å². The number of hydrogen-bond donors (Lipinski definition) is 2. The van der Waals surface area contributed by atoms with Gasteiger partial charge >= 0.3 is 12.0 Å². The highest BCUT2D eigenvalue weighted by Crippen LogP contribution is 2.30. The summed E-state index contributed by atoms with van der Waals surface area (Å²) in [5.41, 5.74) is -0.0808. The molecule has 1 fully saturated rings. The van der Waals surface area contributed by atoms with Gasteiger partial charge in [0.15, 0.2) is 0 Å². The fourth-order valence-electron chi connectivity index (χ4n) is 2.96. The molecule has 0 bridgehead atoms. The largest absolute Gasteiger partial charge is 0.481 e. The van der Waals surface area contributed by atoms with Gasteiger partial charge in [-0.15, -0.1) is 0 Å². The van der Waals surface area contributed by atoms with E-state index in [1.165, 1.54) is 11.0 Å². The maximum Gasteiger partial charge on any atom is 0.321 e. The first-order valence-corrected chi connectivity index (χ1v) is 8.97. The van der Waals surface area contributed by atoms with E-state index in [4.69, 9.17) is 11.6 Å². The van der Waals surface area contributed by atoms with E-state index in [0.29, 0.717) is 37.3 Å². The molecule has 8 heteroatoms. The monoisotopic (exact) mass is 381 g/mol. The Morgan fingerprint density at radius 3 is 2.46 bits per heavy atom. The molecule has 1 saturated heterocycles. The second-order valence-electron chi connectivity index (χ2n) is 6.64. The Morgan fingerprint density at radius 1 is 1.31 bits per heavy atom. The number of amides is 3. The van der Waals surface area contributed by atoms with Crippen molar-refractivity contribution in [3.05, 3.63) is 28.8 Å². The topological polar surface area (TPSA) is 90.0 Å². The second-order valence-corrected chi connectivity index (χ2v) is 7.05. The molecule has 7 nitrogen and oxygen atoms in total. The first-order valence-electron chi connectivity index (χ1n) is 8.60. The maximum atomic E-state index is 12.4. The highest BCUT2D eigenvalue weighted by Gasteiger charge is 2.42. The summed E-state index contributed by atoms with van der Waals surface area (Å²) in [6, 6.07) is 4.36. The lowest BCUT2D eigenvalue weighted by molar-refractivity contribution is -0.146. The smallest absolute Gasteiger partial charge is 0.321 e. The number of hydrogen-bond acceptors (Lipinski definition) is 3. The zero-order valence-corrected chi connectivity index (χ0v) is 16.0. The molecule has 0 spiro atoms. The highest BCUT2D eigenvalue weighted by molar-refractivity contribution is 6.34. The minimum Gasteiger partial charge on any atom is -0.481 e. The van der Waals surface area contributed by atoms with Gasteiger partial charge in [0.1, 0.15) is 0 Å². The van der Waals surface area contributed by atoms with Crippen molar-refractivity contribution in [2.24, 2.45) is 5.41 Å². The normalized spacial score (nSPS) is 19.3. The first kappa shape index (κ1) is 20.0. The minimum atomic E-state index is -0.922. The number of likely N-dealkylation sites (tertiary alicyclic amines) is 1. The summed E-state index contributed by atoms with van der Waals surface area (Å²) in [5.74, 6) is -1.07. The quantitative estimate of drug-likeness (QED) is 0.819. The predicted octanol–water partition coefficient (Wildman–Crippen LogP) is 3.15. The van der Waals surface area contributed by atoms with Crippen LogP contribution in [0.4, 0.5) is 10.5 Å².